The van der Waals surface area contributed by atoms with Gasteiger partial charge in [0.15, 0.2) is 5.82 Å². The van der Waals surface area contributed by atoms with E-state index in [0.717, 1.165) is 35.0 Å². The molecular formula is C18H19N3. The number of hydrogen-bond acceptors (Lipinski definition) is 3. The summed E-state index contributed by atoms with van der Waals surface area (Å²) in [7, 11) is 0. The van der Waals surface area contributed by atoms with E-state index in [9.17, 15) is 0 Å². The van der Waals surface area contributed by atoms with Crippen molar-refractivity contribution in [2.24, 2.45) is 0 Å². The number of aromatic nitrogens is 2. The Hall–Kier alpha value is -2.42. The van der Waals surface area contributed by atoms with Gasteiger partial charge in [-0.3, -0.25) is 0 Å². The molecule has 21 heavy (non-hydrogen) atoms. The van der Waals surface area contributed by atoms with Gasteiger partial charge in [0.2, 0.25) is 0 Å². The molecular weight excluding hydrogens is 258 g/mol. The van der Waals surface area contributed by atoms with E-state index in [1.807, 2.05) is 6.92 Å². The molecule has 0 aliphatic heterocycles. The lowest BCUT2D eigenvalue weighted by Crippen LogP contribution is -2.06. The van der Waals surface area contributed by atoms with Crippen molar-refractivity contribution >= 4 is 16.6 Å². The zero-order chi connectivity index (χ0) is 14.8. The Bertz CT molecular complexity index is 788. The van der Waals surface area contributed by atoms with Gasteiger partial charge < -0.3 is 5.32 Å². The van der Waals surface area contributed by atoms with Crippen molar-refractivity contribution < 1.29 is 0 Å². The Labute approximate surface area is 125 Å². The van der Waals surface area contributed by atoms with E-state index >= 15 is 0 Å². The van der Waals surface area contributed by atoms with Crippen LogP contribution >= 0.6 is 0 Å². The van der Waals surface area contributed by atoms with Gasteiger partial charge in [0, 0.05) is 23.4 Å². The van der Waals surface area contributed by atoms with Crippen LogP contribution in [0.2, 0.25) is 0 Å². The van der Waals surface area contributed by atoms with Crippen LogP contribution in [-0.2, 0) is 0 Å². The number of hydrogen-bond donors (Lipinski definition) is 1. The van der Waals surface area contributed by atoms with Crippen LogP contribution < -0.4 is 5.32 Å². The lowest BCUT2D eigenvalue weighted by Gasteiger charge is -2.12. The van der Waals surface area contributed by atoms with Crippen molar-refractivity contribution in [2.75, 3.05) is 11.9 Å². The summed E-state index contributed by atoms with van der Waals surface area (Å²) in [4.78, 5) is 9.41. The summed E-state index contributed by atoms with van der Waals surface area (Å²) in [6.45, 7) is 7.02. The second-order valence-corrected chi connectivity index (χ2v) is 5.16. The molecule has 0 aliphatic rings. The van der Waals surface area contributed by atoms with Crippen molar-refractivity contribution in [1.29, 1.82) is 0 Å². The molecule has 0 fully saturated rings. The summed E-state index contributed by atoms with van der Waals surface area (Å²) < 4.78 is 0. The average Bonchev–Trinajstić information content (AvgIpc) is 2.51. The Morgan fingerprint density at radius 1 is 0.952 bits per heavy atom. The Morgan fingerprint density at radius 2 is 1.71 bits per heavy atom. The second kappa shape index (κ2) is 5.52. The normalized spacial score (nSPS) is 10.8. The molecule has 0 radical (unpaired) electrons. The number of benzene rings is 2. The summed E-state index contributed by atoms with van der Waals surface area (Å²) in [6.07, 6.45) is 0. The largest absolute Gasteiger partial charge is 0.370 e. The van der Waals surface area contributed by atoms with E-state index in [1.165, 1.54) is 10.8 Å². The molecule has 0 saturated heterocycles. The van der Waals surface area contributed by atoms with Crippen LogP contribution in [0.3, 0.4) is 0 Å². The van der Waals surface area contributed by atoms with Gasteiger partial charge in [-0.25, -0.2) is 9.97 Å². The van der Waals surface area contributed by atoms with Gasteiger partial charge in [0.1, 0.15) is 5.82 Å². The number of anilines is 1. The smallest absolute Gasteiger partial charge is 0.162 e. The molecule has 1 N–H and O–H groups in total. The quantitative estimate of drug-likeness (QED) is 0.773. The molecule has 3 aromatic rings. The maximum Gasteiger partial charge on any atom is 0.162 e. The third kappa shape index (κ3) is 2.47. The van der Waals surface area contributed by atoms with E-state index in [4.69, 9.17) is 4.98 Å². The number of rotatable bonds is 3. The number of nitrogens with zero attached hydrogens (tertiary/aromatic N) is 2. The maximum atomic E-state index is 4.72. The number of nitrogens with one attached hydrogen (secondary N) is 1. The monoisotopic (exact) mass is 277 g/mol. The molecule has 0 spiro atoms. The van der Waals surface area contributed by atoms with Gasteiger partial charge in [-0.1, -0.05) is 42.5 Å². The highest BCUT2D eigenvalue weighted by Gasteiger charge is 2.11. The van der Waals surface area contributed by atoms with Crippen molar-refractivity contribution in [2.45, 2.75) is 20.8 Å². The first-order chi connectivity index (χ1) is 10.2. The highest BCUT2D eigenvalue weighted by molar-refractivity contribution is 5.95. The van der Waals surface area contributed by atoms with E-state index in [0.29, 0.717) is 0 Å². The molecule has 0 unspecified atom stereocenters. The zero-order valence-electron chi connectivity index (χ0n) is 12.6. The third-order valence-electron chi connectivity index (χ3n) is 3.76. The molecule has 0 atom stereocenters. The summed E-state index contributed by atoms with van der Waals surface area (Å²) >= 11 is 0. The number of aryl methyl sites for hydroxylation is 1. The maximum absolute atomic E-state index is 4.72. The first-order valence-electron chi connectivity index (χ1n) is 7.28. The molecule has 106 valence electrons. The van der Waals surface area contributed by atoms with Crippen molar-refractivity contribution in [3.05, 3.63) is 53.7 Å². The molecule has 0 bridgehead atoms. The van der Waals surface area contributed by atoms with Crippen molar-refractivity contribution in [3.63, 3.8) is 0 Å². The van der Waals surface area contributed by atoms with Crippen LogP contribution in [0.1, 0.15) is 18.2 Å². The lowest BCUT2D eigenvalue weighted by molar-refractivity contribution is 1.05. The molecule has 3 heteroatoms. The molecule has 0 amide bonds. The van der Waals surface area contributed by atoms with Crippen molar-refractivity contribution in [1.82, 2.24) is 9.97 Å². The highest BCUT2D eigenvalue weighted by atomic mass is 15.0. The summed E-state index contributed by atoms with van der Waals surface area (Å²) in [5.41, 5.74) is 3.21. The minimum atomic E-state index is 0.783. The minimum absolute atomic E-state index is 0.783. The summed E-state index contributed by atoms with van der Waals surface area (Å²) in [6, 6.07) is 14.6. The predicted molar refractivity (Wildman–Crippen MR) is 88.6 cm³/mol. The van der Waals surface area contributed by atoms with E-state index in [2.05, 4.69) is 66.6 Å². The van der Waals surface area contributed by atoms with Gasteiger partial charge in [0.25, 0.3) is 0 Å². The van der Waals surface area contributed by atoms with Gasteiger partial charge in [-0.05, 0) is 31.5 Å². The molecule has 0 saturated carbocycles. The molecule has 2 aromatic carbocycles. The lowest BCUT2D eigenvalue weighted by atomic mass is 10.0. The van der Waals surface area contributed by atoms with Crippen LogP contribution in [0.25, 0.3) is 22.2 Å². The Kier molecular flexibility index (Phi) is 3.57. The Balaban J connectivity index is 2.23. The fourth-order valence-corrected chi connectivity index (χ4v) is 2.51. The van der Waals surface area contributed by atoms with Crippen molar-refractivity contribution in [3.8, 4) is 11.4 Å². The van der Waals surface area contributed by atoms with E-state index < -0.39 is 0 Å². The van der Waals surface area contributed by atoms with Crippen LogP contribution in [0.5, 0.6) is 0 Å². The fraction of sp³-hybridized carbons (Fsp3) is 0.222. The zero-order valence-corrected chi connectivity index (χ0v) is 12.6. The average molecular weight is 277 g/mol. The number of fused-ring (bicyclic) bond motifs is 1. The third-order valence-corrected chi connectivity index (χ3v) is 3.76. The van der Waals surface area contributed by atoms with Gasteiger partial charge in [-0.2, -0.15) is 0 Å². The molecule has 1 aromatic heterocycles. The standard InChI is InChI=1S/C18H19N3/c1-4-19-17-12(2)13(3)20-18(21-17)16-11-7-9-14-8-5-6-10-15(14)16/h5-11H,4H2,1-3H3,(H,19,20,21). The summed E-state index contributed by atoms with van der Waals surface area (Å²) in [5.74, 6) is 1.71. The first kappa shape index (κ1) is 13.6. The van der Waals surface area contributed by atoms with Gasteiger partial charge >= 0.3 is 0 Å². The molecule has 3 rings (SSSR count). The Morgan fingerprint density at radius 3 is 2.52 bits per heavy atom. The van der Waals surface area contributed by atoms with Gasteiger partial charge in [0.05, 0.1) is 0 Å². The first-order valence-corrected chi connectivity index (χ1v) is 7.28. The van der Waals surface area contributed by atoms with Crippen LogP contribution in [0.4, 0.5) is 5.82 Å². The second-order valence-electron chi connectivity index (χ2n) is 5.16. The van der Waals surface area contributed by atoms with Gasteiger partial charge in [-0.15, -0.1) is 0 Å². The van der Waals surface area contributed by atoms with Crippen LogP contribution in [0, 0.1) is 13.8 Å². The molecule has 1 heterocycles. The van der Waals surface area contributed by atoms with E-state index in [-0.39, 0.29) is 0 Å². The highest BCUT2D eigenvalue weighted by Crippen LogP contribution is 2.28. The SMILES string of the molecule is CCNc1nc(-c2cccc3ccccc23)nc(C)c1C. The molecule has 3 nitrogen and oxygen atoms in total. The molecule has 0 aliphatic carbocycles. The van der Waals surface area contributed by atoms with Crippen LogP contribution in [0.15, 0.2) is 42.5 Å². The summed E-state index contributed by atoms with van der Waals surface area (Å²) in [5, 5.41) is 5.72. The fourth-order valence-electron chi connectivity index (χ4n) is 2.51. The topological polar surface area (TPSA) is 37.8 Å². The van der Waals surface area contributed by atoms with E-state index in [1.54, 1.807) is 0 Å². The predicted octanol–water partition coefficient (Wildman–Crippen LogP) is 4.35. The minimum Gasteiger partial charge on any atom is -0.370 e. The van der Waals surface area contributed by atoms with Crippen LogP contribution in [-0.4, -0.2) is 16.5 Å².